The van der Waals surface area contributed by atoms with E-state index in [-0.39, 0.29) is 6.42 Å². The largest absolute Gasteiger partial charge is 0.416 e. The maximum absolute atomic E-state index is 12.8. The van der Waals surface area contributed by atoms with Gasteiger partial charge in [0.2, 0.25) is 0 Å². The summed E-state index contributed by atoms with van der Waals surface area (Å²) in [7, 11) is 0. The number of hydrogen-bond acceptors (Lipinski definition) is 1. The van der Waals surface area contributed by atoms with Crippen LogP contribution in [0.4, 0.5) is 26.3 Å². The Hall–Kier alpha value is -2.44. The van der Waals surface area contributed by atoms with Crippen LogP contribution < -0.4 is 5.32 Å². The van der Waals surface area contributed by atoms with Gasteiger partial charge in [0.05, 0.1) is 5.56 Å². The van der Waals surface area contributed by atoms with E-state index in [4.69, 9.17) is 0 Å². The summed E-state index contributed by atoms with van der Waals surface area (Å²) in [5, 5.41) is 2.23. The average Bonchev–Trinajstić information content (AvgIpc) is 2.57. The van der Waals surface area contributed by atoms with Crippen LogP contribution in [0, 0.1) is 0 Å². The second kappa shape index (κ2) is 8.29. The second-order valence-electron chi connectivity index (χ2n) is 5.73. The van der Waals surface area contributed by atoms with Crippen molar-refractivity contribution in [1.82, 2.24) is 5.32 Å². The molecule has 0 unspecified atom stereocenters. The number of alkyl halides is 6. The Bertz CT molecular complexity index is 732. The zero-order chi connectivity index (χ0) is 19.2. The van der Waals surface area contributed by atoms with E-state index in [1.165, 1.54) is 12.3 Å². The van der Waals surface area contributed by atoms with E-state index in [2.05, 4.69) is 5.32 Å². The van der Waals surface area contributed by atoms with Gasteiger partial charge in [-0.05, 0) is 35.6 Å². The Morgan fingerprint density at radius 2 is 1.58 bits per heavy atom. The van der Waals surface area contributed by atoms with Crippen LogP contribution in [0.25, 0.3) is 5.57 Å². The van der Waals surface area contributed by atoms with Crippen molar-refractivity contribution in [3.63, 3.8) is 0 Å². The first-order valence-electron chi connectivity index (χ1n) is 7.86. The molecule has 0 spiro atoms. The van der Waals surface area contributed by atoms with Crippen molar-refractivity contribution in [2.24, 2.45) is 0 Å². The van der Waals surface area contributed by atoms with E-state index in [0.29, 0.717) is 23.1 Å². The monoisotopic (exact) mass is 373 g/mol. The molecule has 0 fully saturated rings. The molecule has 1 N–H and O–H groups in total. The van der Waals surface area contributed by atoms with Gasteiger partial charge in [-0.25, -0.2) is 0 Å². The van der Waals surface area contributed by atoms with Gasteiger partial charge < -0.3 is 5.32 Å². The first-order valence-corrected chi connectivity index (χ1v) is 7.86. The summed E-state index contributed by atoms with van der Waals surface area (Å²) in [4.78, 5) is 0. The topological polar surface area (TPSA) is 12.0 Å². The molecule has 0 radical (unpaired) electrons. The van der Waals surface area contributed by atoms with Gasteiger partial charge in [-0.2, -0.15) is 26.3 Å². The van der Waals surface area contributed by atoms with Crippen LogP contribution in [0.2, 0.25) is 0 Å². The third kappa shape index (κ3) is 6.46. The molecule has 0 aromatic heterocycles. The predicted molar refractivity (Wildman–Crippen MR) is 88.2 cm³/mol. The van der Waals surface area contributed by atoms with Crippen LogP contribution >= 0.6 is 0 Å². The number of benzene rings is 2. The maximum Gasteiger partial charge on any atom is 0.416 e. The highest BCUT2D eigenvalue weighted by Gasteiger charge is 2.30. The second-order valence-corrected chi connectivity index (χ2v) is 5.73. The molecule has 7 heteroatoms. The SMILES string of the molecule is FC(F)(F)CNC=C(CCc1cccc(C(F)(F)F)c1)c1ccccc1. The van der Waals surface area contributed by atoms with Crippen molar-refractivity contribution in [2.45, 2.75) is 25.2 Å². The molecule has 0 amide bonds. The molecule has 0 heterocycles. The molecule has 0 bridgehead atoms. The van der Waals surface area contributed by atoms with Gasteiger partial charge in [0.1, 0.15) is 6.54 Å². The molecule has 0 aliphatic heterocycles. The number of allylic oxidation sites excluding steroid dienone is 1. The van der Waals surface area contributed by atoms with Gasteiger partial charge >= 0.3 is 12.4 Å². The number of aryl methyl sites for hydroxylation is 1. The lowest BCUT2D eigenvalue weighted by Crippen LogP contribution is -2.25. The minimum atomic E-state index is -4.43. The Morgan fingerprint density at radius 3 is 2.19 bits per heavy atom. The summed E-state index contributed by atoms with van der Waals surface area (Å²) in [5.74, 6) is 0. The molecule has 26 heavy (non-hydrogen) atoms. The van der Waals surface area contributed by atoms with E-state index < -0.39 is 24.5 Å². The Labute approximate surface area is 147 Å². The average molecular weight is 373 g/mol. The van der Waals surface area contributed by atoms with Crippen molar-refractivity contribution in [2.75, 3.05) is 6.54 Å². The van der Waals surface area contributed by atoms with Crippen LogP contribution in [0.15, 0.2) is 60.8 Å². The Balaban J connectivity index is 2.13. The summed E-state index contributed by atoms with van der Waals surface area (Å²) in [5.41, 5.74) is 1.04. The molecule has 2 aromatic carbocycles. The molecule has 0 aliphatic carbocycles. The van der Waals surface area contributed by atoms with Crippen molar-refractivity contribution >= 4 is 5.57 Å². The molecule has 0 aliphatic rings. The van der Waals surface area contributed by atoms with Crippen LogP contribution in [0.3, 0.4) is 0 Å². The van der Waals surface area contributed by atoms with Crippen molar-refractivity contribution in [3.8, 4) is 0 Å². The van der Waals surface area contributed by atoms with E-state index in [9.17, 15) is 26.3 Å². The summed E-state index contributed by atoms with van der Waals surface area (Å²) < 4.78 is 75.3. The molecule has 0 saturated carbocycles. The number of rotatable bonds is 6. The third-order valence-corrected chi connectivity index (χ3v) is 3.66. The quantitative estimate of drug-likeness (QED) is 0.628. The minimum Gasteiger partial charge on any atom is -0.382 e. The highest BCUT2D eigenvalue weighted by Crippen LogP contribution is 2.30. The molecule has 0 atom stereocenters. The molecule has 0 saturated heterocycles. The molecule has 2 rings (SSSR count). The fraction of sp³-hybridized carbons (Fsp3) is 0.263. The van der Waals surface area contributed by atoms with Crippen molar-refractivity contribution in [1.29, 1.82) is 0 Å². The van der Waals surface area contributed by atoms with Crippen molar-refractivity contribution in [3.05, 3.63) is 77.5 Å². The van der Waals surface area contributed by atoms with Gasteiger partial charge in [0.25, 0.3) is 0 Å². The number of halogens is 6. The highest BCUT2D eigenvalue weighted by atomic mass is 19.4. The smallest absolute Gasteiger partial charge is 0.382 e. The van der Waals surface area contributed by atoms with E-state index in [1.807, 2.05) is 0 Å². The van der Waals surface area contributed by atoms with Gasteiger partial charge in [-0.15, -0.1) is 0 Å². The molecular formula is C19H17F6N. The predicted octanol–water partition coefficient (Wildman–Crippen LogP) is 5.83. The molecule has 2 aromatic rings. The minimum absolute atomic E-state index is 0.276. The first-order chi connectivity index (χ1) is 12.1. The lowest BCUT2D eigenvalue weighted by Gasteiger charge is -2.12. The fourth-order valence-corrected chi connectivity index (χ4v) is 2.42. The molecular weight excluding hydrogens is 356 g/mol. The fourth-order valence-electron chi connectivity index (χ4n) is 2.42. The number of nitrogens with one attached hydrogen (secondary N) is 1. The molecule has 140 valence electrons. The highest BCUT2D eigenvalue weighted by molar-refractivity contribution is 5.65. The van der Waals surface area contributed by atoms with E-state index in [0.717, 1.165) is 12.1 Å². The Morgan fingerprint density at radius 1 is 0.885 bits per heavy atom. The van der Waals surface area contributed by atoms with E-state index >= 15 is 0 Å². The lowest BCUT2D eigenvalue weighted by molar-refractivity contribution is -0.137. The van der Waals surface area contributed by atoms with Crippen molar-refractivity contribution < 1.29 is 26.3 Å². The van der Waals surface area contributed by atoms with Crippen LogP contribution in [-0.4, -0.2) is 12.7 Å². The van der Waals surface area contributed by atoms with Crippen LogP contribution in [0.1, 0.15) is 23.1 Å². The van der Waals surface area contributed by atoms with Gasteiger partial charge in [0, 0.05) is 6.20 Å². The number of hydrogen-bond donors (Lipinski definition) is 1. The maximum atomic E-state index is 12.8. The summed E-state index contributed by atoms with van der Waals surface area (Å²) in [6.07, 6.45) is -6.92. The summed E-state index contributed by atoms with van der Waals surface area (Å²) in [6.45, 7) is -1.17. The lowest BCUT2D eigenvalue weighted by atomic mass is 9.98. The van der Waals surface area contributed by atoms with Gasteiger partial charge in [-0.3, -0.25) is 0 Å². The first kappa shape index (κ1) is 19.9. The van der Waals surface area contributed by atoms with Gasteiger partial charge in [0.15, 0.2) is 0 Å². The summed E-state index contributed by atoms with van der Waals surface area (Å²) in [6, 6.07) is 13.7. The van der Waals surface area contributed by atoms with Crippen LogP contribution in [0.5, 0.6) is 0 Å². The van der Waals surface area contributed by atoms with Crippen LogP contribution in [-0.2, 0) is 12.6 Å². The normalized spacial score (nSPS) is 12.9. The van der Waals surface area contributed by atoms with E-state index in [1.54, 1.807) is 36.4 Å². The van der Waals surface area contributed by atoms with Gasteiger partial charge in [-0.1, -0.05) is 48.5 Å². The summed E-state index contributed by atoms with van der Waals surface area (Å²) >= 11 is 0. The zero-order valence-electron chi connectivity index (χ0n) is 13.7. The molecule has 1 nitrogen and oxygen atoms in total. The Kier molecular flexibility index (Phi) is 6.34. The third-order valence-electron chi connectivity index (χ3n) is 3.66. The standard InChI is InChI=1S/C19H17F6N/c20-18(21,22)13-26-12-16(15-6-2-1-3-7-15)10-9-14-5-4-8-17(11-14)19(23,24)25/h1-8,11-12,26H,9-10,13H2. The zero-order valence-corrected chi connectivity index (χ0v) is 13.7.